The molecule has 0 spiro atoms. The first kappa shape index (κ1) is 14.1. The van der Waals surface area contributed by atoms with E-state index in [2.05, 4.69) is 9.71 Å². The predicted octanol–water partition coefficient (Wildman–Crippen LogP) is 2.88. The first-order valence-electron chi connectivity index (χ1n) is 6.31. The number of hydrogen-bond acceptors (Lipinski definition) is 4. The highest BCUT2D eigenvalue weighted by Crippen LogP contribution is 2.25. The number of nitro benzene ring substituents is 1. The van der Waals surface area contributed by atoms with Gasteiger partial charge in [-0.05, 0) is 18.2 Å². The Morgan fingerprint density at radius 2 is 1.86 bits per heavy atom. The molecule has 0 aliphatic carbocycles. The van der Waals surface area contributed by atoms with Crippen molar-refractivity contribution in [2.45, 2.75) is 4.90 Å². The van der Waals surface area contributed by atoms with Crippen LogP contribution < -0.4 is 4.72 Å². The number of non-ortho nitro benzene ring substituents is 1. The Kier molecular flexibility index (Phi) is 3.30. The third kappa shape index (κ3) is 2.51. The van der Waals surface area contributed by atoms with Crippen molar-refractivity contribution in [3.8, 4) is 0 Å². The van der Waals surface area contributed by atoms with Crippen molar-refractivity contribution in [2.75, 3.05) is 4.72 Å². The number of H-pyrrole nitrogens is 1. The summed E-state index contributed by atoms with van der Waals surface area (Å²) < 4.78 is 27.2. The van der Waals surface area contributed by atoms with Gasteiger partial charge < -0.3 is 4.98 Å². The Hall–Kier alpha value is -2.87. The highest BCUT2D eigenvalue weighted by atomic mass is 32.2. The number of fused-ring (bicyclic) bond motifs is 1. The molecule has 0 aliphatic heterocycles. The molecule has 112 valence electrons. The number of aromatic amines is 1. The van der Waals surface area contributed by atoms with Crippen LogP contribution in [0.5, 0.6) is 0 Å². The van der Waals surface area contributed by atoms with Crippen LogP contribution >= 0.6 is 0 Å². The molecule has 0 amide bonds. The predicted molar refractivity (Wildman–Crippen MR) is 82.2 cm³/mol. The summed E-state index contributed by atoms with van der Waals surface area (Å²) in [5, 5.41) is 11.6. The normalized spacial score (nSPS) is 11.5. The molecule has 3 rings (SSSR count). The summed E-state index contributed by atoms with van der Waals surface area (Å²) in [7, 11) is -3.91. The van der Waals surface area contributed by atoms with Gasteiger partial charge in [0.2, 0.25) is 0 Å². The van der Waals surface area contributed by atoms with Crippen LogP contribution in [0.1, 0.15) is 0 Å². The summed E-state index contributed by atoms with van der Waals surface area (Å²) in [6, 6.07) is 11.9. The van der Waals surface area contributed by atoms with Gasteiger partial charge in [0.1, 0.15) is 0 Å². The van der Waals surface area contributed by atoms with Crippen molar-refractivity contribution in [1.29, 1.82) is 0 Å². The summed E-state index contributed by atoms with van der Waals surface area (Å²) in [6.45, 7) is 0. The van der Waals surface area contributed by atoms with E-state index in [0.29, 0.717) is 11.2 Å². The second kappa shape index (κ2) is 5.15. The maximum atomic E-state index is 12.4. The lowest BCUT2D eigenvalue weighted by Gasteiger charge is -2.09. The fourth-order valence-corrected chi connectivity index (χ4v) is 3.25. The van der Waals surface area contributed by atoms with Crippen LogP contribution in [-0.2, 0) is 10.0 Å². The molecule has 3 aromatic rings. The van der Waals surface area contributed by atoms with Crippen molar-refractivity contribution in [3.05, 3.63) is 64.8 Å². The van der Waals surface area contributed by atoms with Crippen molar-refractivity contribution in [2.24, 2.45) is 0 Å². The number of anilines is 1. The molecule has 0 bridgehead atoms. The number of nitro groups is 1. The molecule has 0 atom stereocenters. The van der Waals surface area contributed by atoms with E-state index in [9.17, 15) is 18.5 Å². The second-order valence-electron chi connectivity index (χ2n) is 4.61. The Morgan fingerprint density at radius 3 is 2.64 bits per heavy atom. The van der Waals surface area contributed by atoms with E-state index in [-0.39, 0.29) is 10.6 Å². The van der Waals surface area contributed by atoms with Crippen LogP contribution in [0.25, 0.3) is 10.9 Å². The Bertz CT molecular complexity index is 963. The van der Waals surface area contributed by atoms with Crippen molar-refractivity contribution < 1.29 is 13.3 Å². The van der Waals surface area contributed by atoms with Gasteiger partial charge in [-0.1, -0.05) is 18.2 Å². The average molecular weight is 317 g/mol. The van der Waals surface area contributed by atoms with E-state index in [4.69, 9.17) is 0 Å². The molecular weight excluding hydrogens is 306 g/mol. The molecule has 2 aromatic carbocycles. The largest absolute Gasteiger partial charge is 0.359 e. The highest BCUT2D eigenvalue weighted by Gasteiger charge is 2.18. The van der Waals surface area contributed by atoms with Crippen LogP contribution in [0, 0.1) is 10.1 Å². The van der Waals surface area contributed by atoms with Gasteiger partial charge in [0.25, 0.3) is 15.7 Å². The Balaban J connectivity index is 2.02. The van der Waals surface area contributed by atoms with Crippen LogP contribution in [0.3, 0.4) is 0 Å². The van der Waals surface area contributed by atoms with Gasteiger partial charge in [0, 0.05) is 23.7 Å². The molecule has 0 saturated heterocycles. The van der Waals surface area contributed by atoms with Gasteiger partial charge in [-0.25, -0.2) is 8.42 Å². The number of aromatic nitrogens is 1. The van der Waals surface area contributed by atoms with Gasteiger partial charge in [0.05, 0.1) is 21.0 Å². The zero-order chi connectivity index (χ0) is 15.7. The molecule has 1 heterocycles. The van der Waals surface area contributed by atoms with Crippen molar-refractivity contribution in [1.82, 2.24) is 4.98 Å². The molecule has 0 radical (unpaired) electrons. The van der Waals surface area contributed by atoms with E-state index in [1.807, 2.05) is 12.1 Å². The van der Waals surface area contributed by atoms with E-state index in [1.54, 1.807) is 18.3 Å². The number of rotatable bonds is 4. The van der Waals surface area contributed by atoms with Gasteiger partial charge in [-0.15, -0.1) is 0 Å². The second-order valence-corrected chi connectivity index (χ2v) is 6.29. The van der Waals surface area contributed by atoms with E-state index in [1.165, 1.54) is 18.2 Å². The maximum absolute atomic E-state index is 12.4. The molecule has 0 fully saturated rings. The molecule has 22 heavy (non-hydrogen) atoms. The summed E-state index contributed by atoms with van der Waals surface area (Å²) in [5.74, 6) is 0. The number of benzene rings is 2. The molecule has 0 saturated carbocycles. The summed E-state index contributed by atoms with van der Waals surface area (Å²) >= 11 is 0. The fourth-order valence-electron chi connectivity index (χ4n) is 2.14. The summed E-state index contributed by atoms with van der Waals surface area (Å²) in [6.07, 6.45) is 1.70. The average Bonchev–Trinajstić information content (AvgIpc) is 2.97. The zero-order valence-electron chi connectivity index (χ0n) is 11.2. The minimum absolute atomic E-state index is 0.162. The smallest absolute Gasteiger partial charge is 0.270 e. The van der Waals surface area contributed by atoms with Gasteiger partial charge in [0.15, 0.2) is 0 Å². The zero-order valence-corrected chi connectivity index (χ0v) is 12.0. The lowest BCUT2D eigenvalue weighted by atomic mass is 10.2. The lowest BCUT2D eigenvalue weighted by molar-refractivity contribution is -0.385. The van der Waals surface area contributed by atoms with E-state index in [0.717, 1.165) is 11.5 Å². The molecular formula is C14H11N3O4S. The molecule has 0 aliphatic rings. The van der Waals surface area contributed by atoms with E-state index < -0.39 is 14.9 Å². The van der Waals surface area contributed by atoms with Crippen LogP contribution in [0.4, 0.5) is 11.4 Å². The quantitative estimate of drug-likeness (QED) is 0.570. The number of hydrogen-bond donors (Lipinski definition) is 2. The number of nitrogens with one attached hydrogen (secondary N) is 2. The number of para-hydroxylation sites is 1. The molecule has 2 N–H and O–H groups in total. The standard InChI is InChI=1S/C14H11N3O4S/c18-17(19)11-4-2-5-12(9-11)22(20,21)16-13-6-1-3-10-7-8-15-14(10)13/h1-9,15-16H. The molecule has 7 nitrogen and oxygen atoms in total. The summed E-state index contributed by atoms with van der Waals surface area (Å²) in [4.78, 5) is 12.9. The highest BCUT2D eigenvalue weighted by molar-refractivity contribution is 7.92. The van der Waals surface area contributed by atoms with Crippen molar-refractivity contribution >= 4 is 32.3 Å². The van der Waals surface area contributed by atoms with Gasteiger partial charge in [-0.3, -0.25) is 14.8 Å². The topological polar surface area (TPSA) is 105 Å². The van der Waals surface area contributed by atoms with Gasteiger partial charge in [-0.2, -0.15) is 0 Å². The first-order valence-corrected chi connectivity index (χ1v) is 7.79. The minimum atomic E-state index is -3.91. The number of nitrogens with zero attached hydrogens (tertiary/aromatic N) is 1. The maximum Gasteiger partial charge on any atom is 0.270 e. The first-order chi connectivity index (χ1) is 10.5. The third-order valence-corrected chi connectivity index (χ3v) is 4.53. The monoisotopic (exact) mass is 317 g/mol. The van der Waals surface area contributed by atoms with Crippen LogP contribution in [0.15, 0.2) is 59.6 Å². The fraction of sp³-hybridized carbons (Fsp3) is 0. The third-order valence-electron chi connectivity index (χ3n) is 3.17. The van der Waals surface area contributed by atoms with E-state index >= 15 is 0 Å². The molecule has 8 heteroatoms. The van der Waals surface area contributed by atoms with Gasteiger partial charge >= 0.3 is 0 Å². The Morgan fingerprint density at radius 1 is 1.09 bits per heavy atom. The Labute approximate surface area is 125 Å². The summed E-state index contributed by atoms with van der Waals surface area (Å²) in [5.41, 5.74) is 0.756. The molecule has 0 unspecified atom stereocenters. The molecule has 1 aromatic heterocycles. The lowest BCUT2D eigenvalue weighted by Crippen LogP contribution is -2.13. The van der Waals surface area contributed by atoms with Crippen molar-refractivity contribution in [3.63, 3.8) is 0 Å². The number of sulfonamides is 1. The van der Waals surface area contributed by atoms with Crippen LogP contribution in [-0.4, -0.2) is 18.3 Å². The van der Waals surface area contributed by atoms with Crippen LogP contribution in [0.2, 0.25) is 0 Å². The SMILES string of the molecule is O=[N+]([O-])c1cccc(S(=O)(=O)Nc2cccc3cc[nH]c23)c1. The minimum Gasteiger partial charge on any atom is -0.359 e.